The molecule has 1 saturated carbocycles. The number of carbonyl (C=O) groups is 2. The first-order chi connectivity index (χ1) is 12.0. The number of benzene rings is 1. The highest BCUT2D eigenvalue weighted by Gasteiger charge is 2.52. The number of amides is 1. The third-order valence-electron chi connectivity index (χ3n) is 4.98. The summed E-state index contributed by atoms with van der Waals surface area (Å²) in [5, 5.41) is 2.93. The molecule has 0 aromatic heterocycles. The molecule has 1 N–H and O–H groups in total. The van der Waals surface area contributed by atoms with Crippen LogP contribution in [-0.4, -0.2) is 29.7 Å². The Morgan fingerprint density at radius 3 is 2.32 bits per heavy atom. The van der Waals surface area contributed by atoms with E-state index in [1.165, 1.54) is 0 Å². The summed E-state index contributed by atoms with van der Waals surface area (Å²) in [5.74, 6) is -1.03. The molecular formula is C19H21Cl2NO3. The van der Waals surface area contributed by atoms with Crippen LogP contribution >= 0.6 is 23.2 Å². The number of anilines is 1. The summed E-state index contributed by atoms with van der Waals surface area (Å²) < 4.78 is 5.42. The third kappa shape index (κ3) is 3.85. The molecule has 1 fully saturated rings. The lowest BCUT2D eigenvalue weighted by Gasteiger charge is -2.27. The van der Waals surface area contributed by atoms with Gasteiger partial charge in [0.2, 0.25) is 5.91 Å². The predicted molar refractivity (Wildman–Crippen MR) is 98.8 cm³/mol. The highest BCUT2D eigenvalue weighted by atomic mass is 35.5. The van der Waals surface area contributed by atoms with Gasteiger partial charge >= 0.3 is 5.97 Å². The molecule has 1 aromatic carbocycles. The Labute approximate surface area is 157 Å². The van der Waals surface area contributed by atoms with Crippen molar-refractivity contribution in [2.24, 2.45) is 23.7 Å². The molecule has 1 amide bonds. The second-order valence-corrected chi connectivity index (χ2v) is 7.34. The van der Waals surface area contributed by atoms with Crippen molar-refractivity contribution in [1.82, 2.24) is 0 Å². The van der Waals surface area contributed by atoms with E-state index in [9.17, 15) is 9.59 Å². The Hall–Kier alpha value is -1.52. The first-order valence-corrected chi connectivity index (χ1v) is 9.48. The molecule has 25 heavy (non-hydrogen) atoms. The van der Waals surface area contributed by atoms with E-state index in [1.807, 2.05) is 43.3 Å². The Balaban J connectivity index is 1.73. The zero-order chi connectivity index (χ0) is 18.0. The molecule has 0 aliphatic heterocycles. The maximum atomic E-state index is 12.8. The van der Waals surface area contributed by atoms with Crippen LogP contribution in [0.2, 0.25) is 0 Å². The first kappa shape index (κ1) is 18.3. The lowest BCUT2D eigenvalue weighted by atomic mass is 9.82. The zero-order valence-electron chi connectivity index (χ0n) is 14.0. The van der Waals surface area contributed by atoms with Gasteiger partial charge in [-0.2, -0.15) is 0 Å². The van der Waals surface area contributed by atoms with Crippen molar-refractivity contribution in [3.05, 3.63) is 42.0 Å². The first-order valence-electron chi connectivity index (χ1n) is 8.41. The Bertz CT molecular complexity index is 670. The van der Waals surface area contributed by atoms with Crippen LogP contribution in [0.25, 0.3) is 0 Å². The van der Waals surface area contributed by atoms with Crippen molar-refractivity contribution in [1.29, 1.82) is 0 Å². The average Bonchev–Trinajstić information content (AvgIpc) is 3.22. The van der Waals surface area contributed by atoms with Crippen molar-refractivity contribution >= 4 is 40.8 Å². The van der Waals surface area contributed by atoms with E-state index in [-0.39, 0.29) is 35.5 Å². The van der Waals surface area contributed by atoms with Crippen LogP contribution in [0.3, 0.4) is 0 Å². The molecular weight excluding hydrogens is 361 g/mol. The number of rotatable bonds is 6. The lowest BCUT2D eigenvalue weighted by molar-refractivity contribution is -0.156. The largest absolute Gasteiger partial charge is 0.460 e. The molecule has 2 bridgehead atoms. The molecule has 0 unspecified atom stereocenters. The number of nitrogens with one attached hydrogen (secondary N) is 1. The Kier molecular flexibility index (Phi) is 5.70. The van der Waals surface area contributed by atoms with Crippen molar-refractivity contribution < 1.29 is 14.3 Å². The van der Waals surface area contributed by atoms with Crippen LogP contribution in [0.5, 0.6) is 0 Å². The number of esters is 1. The van der Waals surface area contributed by atoms with Crippen LogP contribution in [-0.2, 0) is 14.3 Å². The molecule has 6 heteroatoms. The van der Waals surface area contributed by atoms with Crippen molar-refractivity contribution in [3.8, 4) is 0 Å². The number of ether oxygens (including phenoxy) is 1. The van der Waals surface area contributed by atoms with Gasteiger partial charge in [0.05, 0.1) is 23.6 Å². The topological polar surface area (TPSA) is 55.4 Å². The van der Waals surface area contributed by atoms with Gasteiger partial charge < -0.3 is 10.1 Å². The number of fused-ring (bicyclic) bond motifs is 2. The Morgan fingerprint density at radius 1 is 1.12 bits per heavy atom. The van der Waals surface area contributed by atoms with Crippen LogP contribution in [0.4, 0.5) is 5.69 Å². The summed E-state index contributed by atoms with van der Waals surface area (Å²) in [5.41, 5.74) is 1.85. The monoisotopic (exact) mass is 381 g/mol. The number of hydrogen-bond donors (Lipinski definition) is 1. The summed E-state index contributed by atoms with van der Waals surface area (Å²) >= 11 is 11.5. The van der Waals surface area contributed by atoms with E-state index in [4.69, 9.17) is 27.9 Å². The minimum absolute atomic E-state index is 0.0394. The average molecular weight is 382 g/mol. The fraction of sp³-hybridized carbons (Fsp3) is 0.474. The fourth-order valence-electron chi connectivity index (χ4n) is 3.71. The molecule has 0 radical (unpaired) electrons. The maximum Gasteiger partial charge on any atom is 0.310 e. The molecule has 4 nitrogen and oxygen atoms in total. The number of allylic oxidation sites excluding steroid dienone is 2. The number of aryl methyl sites for hydroxylation is 1. The highest BCUT2D eigenvalue weighted by Crippen LogP contribution is 2.49. The number of alkyl halides is 2. The predicted octanol–water partition coefficient (Wildman–Crippen LogP) is 3.76. The van der Waals surface area contributed by atoms with Gasteiger partial charge in [0.25, 0.3) is 0 Å². The molecule has 134 valence electrons. The van der Waals surface area contributed by atoms with Crippen LogP contribution in [0.1, 0.15) is 12.0 Å². The summed E-state index contributed by atoms with van der Waals surface area (Å²) in [6, 6.07) is 7.60. The molecule has 2 aliphatic carbocycles. The van der Waals surface area contributed by atoms with E-state index in [2.05, 4.69) is 5.32 Å². The van der Waals surface area contributed by atoms with Crippen LogP contribution < -0.4 is 5.32 Å². The minimum atomic E-state index is -0.528. The molecule has 0 saturated heterocycles. The van der Waals surface area contributed by atoms with Gasteiger partial charge in [0.15, 0.2) is 0 Å². The van der Waals surface area contributed by atoms with Crippen molar-refractivity contribution in [2.75, 3.05) is 17.1 Å². The van der Waals surface area contributed by atoms with E-state index in [1.54, 1.807) is 0 Å². The van der Waals surface area contributed by atoms with Gasteiger partial charge in [-0.05, 0) is 37.3 Å². The van der Waals surface area contributed by atoms with E-state index < -0.39 is 17.9 Å². The number of hydrogen-bond acceptors (Lipinski definition) is 3. The molecule has 0 heterocycles. The van der Waals surface area contributed by atoms with Gasteiger partial charge in [0, 0.05) is 5.69 Å². The van der Waals surface area contributed by atoms with Crippen LogP contribution in [0.15, 0.2) is 36.4 Å². The molecule has 4 atom stereocenters. The summed E-state index contributed by atoms with van der Waals surface area (Å²) in [6.45, 7) is 1.99. The SMILES string of the molecule is Cc1ccc(NC(=O)[C@H]2[C@@H](C(=O)OC(CCl)CCl)[C@H]3C=C[C@@H]2C3)cc1. The molecule has 3 rings (SSSR count). The van der Waals surface area contributed by atoms with Crippen molar-refractivity contribution in [2.45, 2.75) is 19.4 Å². The van der Waals surface area contributed by atoms with Crippen LogP contribution in [0, 0.1) is 30.6 Å². The standard InChI is InChI=1S/C19H21Cl2NO3/c1-11-2-6-14(7-3-11)22-18(23)16-12-4-5-13(8-12)17(16)19(24)25-15(9-20)10-21/h2-7,12-13,15-17H,8-10H2,1H3,(H,22,23)/t12-,13+,16-,17+/m1/s1. The zero-order valence-corrected chi connectivity index (χ0v) is 15.5. The van der Waals surface area contributed by atoms with E-state index >= 15 is 0 Å². The Morgan fingerprint density at radius 2 is 1.72 bits per heavy atom. The summed E-state index contributed by atoms with van der Waals surface area (Å²) in [4.78, 5) is 25.4. The highest BCUT2D eigenvalue weighted by molar-refractivity contribution is 6.21. The molecule has 0 spiro atoms. The minimum Gasteiger partial charge on any atom is -0.460 e. The second kappa shape index (κ2) is 7.79. The van der Waals surface area contributed by atoms with Gasteiger partial charge in [0.1, 0.15) is 6.10 Å². The number of carbonyl (C=O) groups excluding carboxylic acids is 2. The van der Waals surface area contributed by atoms with Gasteiger partial charge in [-0.1, -0.05) is 29.8 Å². The summed E-state index contributed by atoms with van der Waals surface area (Å²) in [7, 11) is 0. The smallest absolute Gasteiger partial charge is 0.310 e. The van der Waals surface area contributed by atoms with E-state index in [0.717, 1.165) is 17.7 Å². The van der Waals surface area contributed by atoms with Gasteiger partial charge in [-0.15, -0.1) is 23.2 Å². The second-order valence-electron chi connectivity index (χ2n) is 6.72. The lowest BCUT2D eigenvalue weighted by Crippen LogP contribution is -2.39. The molecule has 1 aromatic rings. The quantitative estimate of drug-likeness (QED) is 0.463. The normalized spacial score (nSPS) is 26.9. The van der Waals surface area contributed by atoms with Gasteiger partial charge in [-0.25, -0.2) is 0 Å². The fourth-order valence-corrected chi connectivity index (χ4v) is 4.17. The van der Waals surface area contributed by atoms with Crippen molar-refractivity contribution in [3.63, 3.8) is 0 Å². The number of halogens is 2. The maximum absolute atomic E-state index is 12.8. The summed E-state index contributed by atoms with van der Waals surface area (Å²) in [6.07, 6.45) is 4.33. The third-order valence-corrected chi connectivity index (χ3v) is 5.67. The molecule has 2 aliphatic rings. The van der Waals surface area contributed by atoms with E-state index in [0.29, 0.717) is 0 Å². The van der Waals surface area contributed by atoms with Gasteiger partial charge in [-0.3, -0.25) is 9.59 Å².